The molecule has 2 amide bonds. The largest absolute Gasteiger partial charge is 0.494 e. The highest BCUT2D eigenvalue weighted by Crippen LogP contribution is 2.47. The van der Waals surface area contributed by atoms with Gasteiger partial charge in [0, 0.05) is 71.3 Å². The molecule has 0 bridgehead atoms. The maximum atomic E-state index is 14.2. The van der Waals surface area contributed by atoms with E-state index in [0.29, 0.717) is 42.9 Å². The van der Waals surface area contributed by atoms with Gasteiger partial charge in [-0.3, -0.25) is 4.79 Å². The highest BCUT2D eigenvalue weighted by molar-refractivity contribution is 8.76. The molecule has 1 aromatic heterocycles. The number of aromatic nitrogens is 1. The number of anilines is 1. The first-order valence-corrected chi connectivity index (χ1v) is 19.7. The van der Waals surface area contributed by atoms with Gasteiger partial charge in [0.25, 0.3) is 5.91 Å². The molecule has 5 heterocycles. The van der Waals surface area contributed by atoms with E-state index >= 15 is 0 Å². The van der Waals surface area contributed by atoms with Gasteiger partial charge in [0.1, 0.15) is 17.2 Å². The molecule has 0 spiro atoms. The lowest BCUT2D eigenvalue weighted by atomic mass is 9.92. The summed E-state index contributed by atoms with van der Waals surface area (Å²) in [6.07, 6.45) is 4.13. The lowest BCUT2D eigenvalue weighted by Crippen LogP contribution is -2.52. The monoisotopic (exact) mass is 690 g/mol. The Labute approximate surface area is 287 Å². The van der Waals surface area contributed by atoms with E-state index in [1.54, 1.807) is 4.90 Å². The van der Waals surface area contributed by atoms with Crippen molar-refractivity contribution in [1.29, 1.82) is 0 Å². The zero-order valence-corrected chi connectivity index (χ0v) is 28.7. The van der Waals surface area contributed by atoms with Crippen molar-refractivity contribution >= 4 is 72.6 Å². The third-order valence-electron chi connectivity index (χ3n) is 10.2. The van der Waals surface area contributed by atoms with Gasteiger partial charge in [0.2, 0.25) is 0 Å². The van der Waals surface area contributed by atoms with Crippen LogP contribution in [0.4, 0.5) is 10.5 Å². The maximum absolute atomic E-state index is 14.2. The number of halogens is 1. The molecule has 3 atom stereocenters. The summed E-state index contributed by atoms with van der Waals surface area (Å²) in [6.45, 7) is 5.28. The van der Waals surface area contributed by atoms with E-state index in [1.807, 2.05) is 81.1 Å². The highest BCUT2D eigenvalue weighted by atomic mass is 35.5. The Morgan fingerprint density at radius 2 is 1.83 bits per heavy atom. The van der Waals surface area contributed by atoms with Crippen LogP contribution >= 0.6 is 33.2 Å². The van der Waals surface area contributed by atoms with Crippen LogP contribution in [0.15, 0.2) is 54.6 Å². The van der Waals surface area contributed by atoms with E-state index < -0.39 is 0 Å². The first-order chi connectivity index (χ1) is 23.1. The molecule has 0 saturated carbocycles. The summed E-state index contributed by atoms with van der Waals surface area (Å²) in [5.41, 5.74) is 3.14. The van der Waals surface area contributed by atoms with Gasteiger partial charge < -0.3 is 29.2 Å². The van der Waals surface area contributed by atoms with Crippen LogP contribution in [0, 0.1) is 5.92 Å². The van der Waals surface area contributed by atoms with Crippen LogP contribution in [0.2, 0.25) is 0 Å². The second-order valence-corrected chi connectivity index (χ2v) is 15.9. The SMILES string of the molecule is O=C(c1cc2cc(OCCCN3CCC3)ccc2[nH]1)N1C[C@@H](CCl)c2c1cc(OC(=O)N1CCCC3CSSC[C@H]31)c1ccccc21. The fourth-order valence-electron chi connectivity index (χ4n) is 7.55. The van der Waals surface area contributed by atoms with Gasteiger partial charge in [0.05, 0.1) is 12.3 Å². The second-order valence-electron chi connectivity index (χ2n) is 13.0. The zero-order valence-electron chi connectivity index (χ0n) is 26.3. The molecule has 0 radical (unpaired) electrons. The Hall–Kier alpha value is -3.05. The molecule has 4 aliphatic heterocycles. The number of likely N-dealkylation sites (tertiary alicyclic amines) is 2. The van der Waals surface area contributed by atoms with Crippen molar-refractivity contribution in [2.75, 3.05) is 61.6 Å². The van der Waals surface area contributed by atoms with Gasteiger partial charge in [0.15, 0.2) is 0 Å². The van der Waals surface area contributed by atoms with E-state index in [2.05, 4.69) is 9.88 Å². The summed E-state index contributed by atoms with van der Waals surface area (Å²) in [5, 5.41) is 2.74. The second kappa shape index (κ2) is 13.5. The molecule has 246 valence electrons. The molecule has 1 unspecified atom stereocenters. The van der Waals surface area contributed by atoms with Gasteiger partial charge in [-0.15, -0.1) is 11.6 Å². The van der Waals surface area contributed by atoms with Crippen molar-refractivity contribution < 1.29 is 19.1 Å². The molecule has 47 heavy (non-hydrogen) atoms. The van der Waals surface area contributed by atoms with Crippen molar-refractivity contribution in [3.8, 4) is 11.5 Å². The Balaban J connectivity index is 1.06. The number of H-pyrrole nitrogens is 1. The van der Waals surface area contributed by atoms with Crippen molar-refractivity contribution in [2.45, 2.75) is 37.6 Å². The summed E-state index contributed by atoms with van der Waals surface area (Å²) in [6, 6.07) is 17.9. The van der Waals surface area contributed by atoms with Gasteiger partial charge in [-0.25, -0.2) is 4.79 Å². The quantitative estimate of drug-likeness (QED) is 0.115. The number of amides is 2. The molecule has 4 aliphatic rings. The molecule has 4 aromatic rings. The topological polar surface area (TPSA) is 78.1 Å². The van der Waals surface area contributed by atoms with Gasteiger partial charge in [-0.1, -0.05) is 45.9 Å². The summed E-state index contributed by atoms with van der Waals surface area (Å²) in [4.78, 5) is 37.4. The third kappa shape index (κ3) is 6.07. The first kappa shape index (κ1) is 31.2. The molecule has 3 fully saturated rings. The van der Waals surface area contributed by atoms with Gasteiger partial charge in [-0.2, -0.15) is 0 Å². The molecule has 3 aromatic carbocycles. The smallest absolute Gasteiger partial charge is 0.415 e. The van der Waals surface area contributed by atoms with E-state index in [9.17, 15) is 9.59 Å². The number of piperidine rings is 1. The molecular weight excluding hydrogens is 652 g/mol. The lowest BCUT2D eigenvalue weighted by Gasteiger charge is -2.42. The number of hydrogen-bond acceptors (Lipinski definition) is 7. The Bertz CT molecular complexity index is 1810. The van der Waals surface area contributed by atoms with Crippen molar-refractivity contribution in [3.05, 3.63) is 65.9 Å². The molecular formula is C36H39ClN4O4S2. The highest BCUT2D eigenvalue weighted by Gasteiger charge is 2.39. The molecule has 0 aliphatic carbocycles. The lowest BCUT2D eigenvalue weighted by molar-refractivity contribution is 0.0984. The fraction of sp³-hybridized carbons (Fsp3) is 0.444. The summed E-state index contributed by atoms with van der Waals surface area (Å²) in [5.74, 6) is 3.95. The average molecular weight is 691 g/mol. The number of nitrogens with zero attached hydrogens (tertiary/aromatic N) is 3. The van der Waals surface area contributed by atoms with Crippen LogP contribution in [0.5, 0.6) is 11.5 Å². The third-order valence-corrected chi connectivity index (χ3v) is 13.1. The van der Waals surface area contributed by atoms with Crippen molar-refractivity contribution in [1.82, 2.24) is 14.8 Å². The molecule has 11 heteroatoms. The predicted octanol–water partition coefficient (Wildman–Crippen LogP) is 7.75. The number of carbonyl (C=O) groups is 2. The van der Waals surface area contributed by atoms with E-state index in [-0.39, 0.29) is 24.0 Å². The minimum absolute atomic E-state index is 0.0504. The predicted molar refractivity (Wildman–Crippen MR) is 193 cm³/mol. The Morgan fingerprint density at radius 3 is 2.66 bits per heavy atom. The first-order valence-electron chi connectivity index (χ1n) is 16.7. The van der Waals surface area contributed by atoms with Gasteiger partial charge in [-0.05, 0) is 79.9 Å². The fourth-order valence-corrected chi connectivity index (χ4v) is 10.7. The number of ether oxygens (including phenoxy) is 2. The number of benzene rings is 3. The van der Waals surface area contributed by atoms with Crippen LogP contribution in [0.25, 0.3) is 21.7 Å². The van der Waals surface area contributed by atoms with Crippen molar-refractivity contribution in [2.24, 2.45) is 5.92 Å². The summed E-state index contributed by atoms with van der Waals surface area (Å²) >= 11 is 6.55. The number of hydrogen-bond donors (Lipinski definition) is 1. The number of fused-ring (bicyclic) bond motifs is 5. The average Bonchev–Trinajstić information content (AvgIpc) is 3.68. The molecule has 3 saturated heterocycles. The number of rotatable bonds is 8. The molecule has 8 rings (SSSR count). The number of nitrogens with one attached hydrogen (secondary N) is 1. The van der Waals surface area contributed by atoms with Crippen LogP contribution in [0.3, 0.4) is 0 Å². The number of alkyl halides is 1. The normalized spacial score (nSPS) is 22.6. The van der Waals surface area contributed by atoms with Gasteiger partial charge >= 0.3 is 6.09 Å². The van der Waals surface area contributed by atoms with E-state index in [0.717, 1.165) is 76.0 Å². The standard InChI is InChI=1S/C36H39ClN4O4S2/c37-19-25-20-41(35(42)30-17-24-16-26(9-10-29(24)38-30)44-15-5-13-39-11-4-12-39)31-18-33(27-7-1-2-8-28(27)34(25)31)45-36(43)40-14-3-6-23-21-46-47-22-32(23)40/h1-2,7-10,16-18,23,25,32,38H,3-6,11-15,19-22H2/t23?,25-,32-/m1/s1. The van der Waals surface area contributed by atoms with E-state index in [1.165, 1.54) is 19.5 Å². The number of carbonyl (C=O) groups excluding carboxylic acids is 2. The van der Waals surface area contributed by atoms with E-state index in [4.69, 9.17) is 21.1 Å². The van der Waals surface area contributed by atoms with Crippen molar-refractivity contribution in [3.63, 3.8) is 0 Å². The number of aromatic amines is 1. The molecule has 8 nitrogen and oxygen atoms in total. The Kier molecular flexibility index (Phi) is 8.94. The van der Waals surface area contributed by atoms with Crippen LogP contribution in [0.1, 0.15) is 47.7 Å². The summed E-state index contributed by atoms with van der Waals surface area (Å²) in [7, 11) is 3.75. The van der Waals surface area contributed by atoms with Crippen LogP contribution in [-0.2, 0) is 0 Å². The summed E-state index contributed by atoms with van der Waals surface area (Å²) < 4.78 is 12.3. The van der Waals surface area contributed by atoms with Crippen LogP contribution in [-0.4, -0.2) is 89.5 Å². The molecule has 1 N–H and O–H groups in total. The Morgan fingerprint density at radius 1 is 0.979 bits per heavy atom. The van der Waals surface area contributed by atoms with Crippen LogP contribution < -0.4 is 14.4 Å². The minimum Gasteiger partial charge on any atom is -0.494 e. The minimum atomic E-state index is -0.309. The maximum Gasteiger partial charge on any atom is 0.415 e. The zero-order chi connectivity index (χ0) is 31.9.